The number of hydrogen-bond acceptors (Lipinski definition) is 10. The first-order chi connectivity index (χ1) is 13.3. The van der Waals surface area contributed by atoms with E-state index in [1.165, 1.54) is 13.0 Å². The van der Waals surface area contributed by atoms with Gasteiger partial charge in [0.05, 0.1) is 32.0 Å². The predicted molar refractivity (Wildman–Crippen MR) is 92.8 cm³/mol. The Morgan fingerprint density at radius 2 is 1.86 bits per heavy atom. The highest BCUT2D eigenvalue weighted by atomic mass is 16.7. The molecule has 2 fully saturated rings. The minimum absolute atomic E-state index is 0.117. The van der Waals surface area contributed by atoms with Crippen LogP contribution in [0.4, 0.5) is 0 Å². The fourth-order valence-electron chi connectivity index (χ4n) is 3.22. The molecular formula is C17H29NO10. The van der Waals surface area contributed by atoms with E-state index < -0.39 is 61.9 Å². The van der Waals surface area contributed by atoms with Gasteiger partial charge in [0.15, 0.2) is 12.6 Å². The van der Waals surface area contributed by atoms with E-state index in [-0.39, 0.29) is 25.5 Å². The maximum atomic E-state index is 11.6. The smallest absolute Gasteiger partial charge is 0.217 e. The fraction of sp³-hybridized carbons (Fsp3) is 0.824. The van der Waals surface area contributed by atoms with Gasteiger partial charge in [0, 0.05) is 13.3 Å². The summed E-state index contributed by atoms with van der Waals surface area (Å²) < 4.78 is 22.3. The molecule has 0 aromatic carbocycles. The largest absolute Gasteiger partial charge is 0.394 e. The zero-order valence-electron chi connectivity index (χ0n) is 15.6. The normalized spacial score (nSPS) is 41.4. The van der Waals surface area contributed by atoms with Crippen LogP contribution >= 0.6 is 0 Å². The van der Waals surface area contributed by atoms with Crippen LogP contribution in [0.5, 0.6) is 0 Å². The van der Waals surface area contributed by atoms with Gasteiger partial charge in [-0.15, -0.1) is 6.58 Å². The number of carbonyl (C=O) groups is 1. The molecule has 0 radical (unpaired) electrons. The SMILES string of the molecule is C=CCO[C@H]1O[C@H](CO)C[C@H](O[C@@H]2O[C@H](CO)[C@H](O)[C@H](O)[C@H]2O)[C@H]1NC(C)=O. The van der Waals surface area contributed by atoms with E-state index >= 15 is 0 Å². The summed E-state index contributed by atoms with van der Waals surface area (Å²) >= 11 is 0. The van der Waals surface area contributed by atoms with Gasteiger partial charge in [0.25, 0.3) is 0 Å². The maximum Gasteiger partial charge on any atom is 0.217 e. The molecule has 0 aromatic rings. The van der Waals surface area contributed by atoms with Gasteiger partial charge in [-0.25, -0.2) is 0 Å². The van der Waals surface area contributed by atoms with Crippen molar-refractivity contribution in [3.05, 3.63) is 12.7 Å². The summed E-state index contributed by atoms with van der Waals surface area (Å²) in [5.74, 6) is -0.384. The van der Waals surface area contributed by atoms with Gasteiger partial charge < -0.3 is 49.8 Å². The first kappa shape index (κ1) is 23.1. The molecule has 0 aromatic heterocycles. The van der Waals surface area contributed by atoms with Gasteiger partial charge in [0.2, 0.25) is 5.91 Å². The quantitative estimate of drug-likeness (QED) is 0.228. The lowest BCUT2D eigenvalue weighted by Crippen LogP contribution is -2.63. The second-order valence-electron chi connectivity index (χ2n) is 6.76. The van der Waals surface area contributed by atoms with Crippen molar-refractivity contribution in [3.63, 3.8) is 0 Å². The average Bonchev–Trinajstić information content (AvgIpc) is 2.67. The first-order valence-electron chi connectivity index (χ1n) is 9.04. The number of aliphatic hydroxyl groups excluding tert-OH is 5. The molecule has 162 valence electrons. The number of amides is 1. The summed E-state index contributed by atoms with van der Waals surface area (Å²) in [6.45, 7) is 4.03. The Bertz CT molecular complexity index is 518. The second kappa shape index (κ2) is 10.6. The summed E-state index contributed by atoms with van der Waals surface area (Å²) in [5.41, 5.74) is 0. The Balaban J connectivity index is 2.19. The summed E-state index contributed by atoms with van der Waals surface area (Å²) in [4.78, 5) is 11.6. The molecule has 28 heavy (non-hydrogen) atoms. The van der Waals surface area contributed by atoms with Crippen LogP contribution in [0, 0.1) is 0 Å². The maximum absolute atomic E-state index is 11.6. The van der Waals surface area contributed by atoms with Crippen LogP contribution in [0.3, 0.4) is 0 Å². The van der Waals surface area contributed by atoms with E-state index in [1.807, 2.05) is 0 Å². The highest BCUT2D eigenvalue weighted by molar-refractivity contribution is 5.73. The van der Waals surface area contributed by atoms with Crippen molar-refractivity contribution in [1.82, 2.24) is 5.32 Å². The van der Waals surface area contributed by atoms with Crippen LogP contribution in [-0.4, -0.2) is 107 Å². The van der Waals surface area contributed by atoms with Crippen LogP contribution in [0.25, 0.3) is 0 Å². The number of carbonyl (C=O) groups excluding carboxylic acids is 1. The molecule has 2 saturated heterocycles. The number of rotatable bonds is 8. The van der Waals surface area contributed by atoms with Crippen LogP contribution in [0.15, 0.2) is 12.7 Å². The zero-order valence-corrected chi connectivity index (χ0v) is 15.6. The van der Waals surface area contributed by atoms with Crippen molar-refractivity contribution in [2.75, 3.05) is 19.8 Å². The summed E-state index contributed by atoms with van der Waals surface area (Å²) in [5, 5.41) is 51.5. The third-order valence-corrected chi connectivity index (χ3v) is 4.62. The lowest BCUT2D eigenvalue weighted by atomic mass is 9.97. The Kier molecular flexibility index (Phi) is 8.74. The molecule has 0 bridgehead atoms. The molecule has 2 aliphatic heterocycles. The molecule has 11 nitrogen and oxygen atoms in total. The van der Waals surface area contributed by atoms with E-state index in [2.05, 4.69) is 11.9 Å². The molecule has 2 rings (SSSR count). The molecule has 9 atom stereocenters. The van der Waals surface area contributed by atoms with Crippen molar-refractivity contribution in [2.24, 2.45) is 0 Å². The average molecular weight is 407 g/mol. The molecule has 2 heterocycles. The molecule has 0 aliphatic carbocycles. The standard InChI is InChI=1S/C17H29NO10/c1-3-4-25-16-12(18-8(2)21)10(5-9(6-19)26-16)27-17-15(24)14(23)13(22)11(7-20)28-17/h3,9-17,19-20,22-24H,1,4-7H2,2H3,(H,18,21)/t9-,10-,11+,12+,13-,14-,15+,16-,17+/m0/s1. The summed E-state index contributed by atoms with van der Waals surface area (Å²) in [7, 11) is 0. The highest BCUT2D eigenvalue weighted by Gasteiger charge is 2.48. The Morgan fingerprint density at radius 1 is 1.14 bits per heavy atom. The van der Waals surface area contributed by atoms with Crippen molar-refractivity contribution < 1.29 is 49.3 Å². The van der Waals surface area contributed by atoms with Crippen molar-refractivity contribution in [3.8, 4) is 0 Å². The van der Waals surface area contributed by atoms with Gasteiger partial charge in [-0.3, -0.25) is 4.79 Å². The number of hydrogen-bond donors (Lipinski definition) is 6. The highest BCUT2D eigenvalue weighted by Crippen LogP contribution is 2.29. The Morgan fingerprint density at radius 3 is 2.43 bits per heavy atom. The van der Waals surface area contributed by atoms with Gasteiger partial charge in [-0.1, -0.05) is 6.08 Å². The topological polar surface area (TPSA) is 167 Å². The van der Waals surface area contributed by atoms with E-state index in [0.29, 0.717) is 0 Å². The Hall–Kier alpha value is -1.15. The van der Waals surface area contributed by atoms with Crippen LogP contribution in [0.2, 0.25) is 0 Å². The lowest BCUT2D eigenvalue weighted by molar-refractivity contribution is -0.329. The van der Waals surface area contributed by atoms with Gasteiger partial charge >= 0.3 is 0 Å². The van der Waals surface area contributed by atoms with Gasteiger partial charge in [-0.05, 0) is 0 Å². The van der Waals surface area contributed by atoms with Crippen molar-refractivity contribution >= 4 is 5.91 Å². The van der Waals surface area contributed by atoms with Crippen LogP contribution in [0.1, 0.15) is 13.3 Å². The first-order valence-corrected chi connectivity index (χ1v) is 9.04. The van der Waals surface area contributed by atoms with Crippen LogP contribution < -0.4 is 5.32 Å². The second-order valence-corrected chi connectivity index (χ2v) is 6.76. The molecule has 0 unspecified atom stereocenters. The molecule has 2 aliphatic rings. The van der Waals surface area contributed by atoms with E-state index in [1.54, 1.807) is 0 Å². The molecule has 0 spiro atoms. The number of aliphatic hydroxyl groups is 5. The van der Waals surface area contributed by atoms with Crippen molar-refractivity contribution in [2.45, 2.75) is 68.6 Å². The van der Waals surface area contributed by atoms with Gasteiger partial charge in [-0.2, -0.15) is 0 Å². The lowest BCUT2D eigenvalue weighted by Gasteiger charge is -2.45. The third kappa shape index (κ3) is 5.47. The fourth-order valence-corrected chi connectivity index (χ4v) is 3.22. The predicted octanol–water partition coefficient (Wildman–Crippen LogP) is -3.01. The summed E-state index contributed by atoms with van der Waals surface area (Å²) in [6.07, 6.45) is -8.10. The monoisotopic (exact) mass is 407 g/mol. The number of ether oxygens (including phenoxy) is 4. The van der Waals surface area contributed by atoms with E-state index in [0.717, 1.165) is 0 Å². The van der Waals surface area contributed by atoms with E-state index in [4.69, 9.17) is 18.9 Å². The van der Waals surface area contributed by atoms with Gasteiger partial charge in [0.1, 0.15) is 30.5 Å². The molecular weight excluding hydrogens is 378 g/mol. The number of nitrogens with one attached hydrogen (secondary N) is 1. The minimum atomic E-state index is -1.60. The van der Waals surface area contributed by atoms with Crippen LogP contribution in [-0.2, 0) is 23.7 Å². The Labute approximate surface area is 162 Å². The third-order valence-electron chi connectivity index (χ3n) is 4.62. The van der Waals surface area contributed by atoms with E-state index in [9.17, 15) is 30.3 Å². The molecule has 11 heteroatoms. The molecule has 1 amide bonds. The molecule has 0 saturated carbocycles. The zero-order chi connectivity index (χ0) is 20.8. The van der Waals surface area contributed by atoms with Crippen molar-refractivity contribution in [1.29, 1.82) is 0 Å². The summed E-state index contributed by atoms with van der Waals surface area (Å²) in [6, 6.07) is -0.812. The molecule has 6 N–H and O–H groups in total. The minimum Gasteiger partial charge on any atom is -0.394 e.